The number of rotatable bonds is 10. The van der Waals surface area contributed by atoms with Crippen molar-refractivity contribution in [1.82, 2.24) is 4.31 Å². The van der Waals surface area contributed by atoms with E-state index in [9.17, 15) is 13.2 Å². The van der Waals surface area contributed by atoms with Gasteiger partial charge in [-0.3, -0.25) is 4.79 Å². The molecular formula is C14H21NO5S. The molecule has 1 N–H and O–H groups in total. The van der Waals surface area contributed by atoms with Gasteiger partial charge in [0.2, 0.25) is 10.0 Å². The molecule has 0 bridgehead atoms. The summed E-state index contributed by atoms with van der Waals surface area (Å²) in [5.74, 6) is -1.05. The van der Waals surface area contributed by atoms with Crippen LogP contribution in [0.2, 0.25) is 0 Å². The summed E-state index contributed by atoms with van der Waals surface area (Å²) in [5.41, 5.74) is 1.04. The van der Waals surface area contributed by atoms with Crippen molar-refractivity contribution in [3.8, 4) is 0 Å². The van der Waals surface area contributed by atoms with E-state index in [-0.39, 0.29) is 18.7 Å². The van der Waals surface area contributed by atoms with E-state index in [1.807, 2.05) is 30.3 Å². The van der Waals surface area contributed by atoms with Gasteiger partial charge in [0, 0.05) is 20.2 Å². The van der Waals surface area contributed by atoms with Crippen LogP contribution in [0.5, 0.6) is 0 Å². The highest BCUT2D eigenvalue weighted by Crippen LogP contribution is 2.04. The molecule has 21 heavy (non-hydrogen) atoms. The molecule has 0 unspecified atom stereocenters. The molecule has 118 valence electrons. The minimum atomic E-state index is -3.41. The molecule has 0 saturated heterocycles. The van der Waals surface area contributed by atoms with Crippen LogP contribution in [0.15, 0.2) is 30.3 Å². The van der Waals surface area contributed by atoms with Gasteiger partial charge >= 0.3 is 5.97 Å². The minimum Gasteiger partial charge on any atom is -0.481 e. The first kappa shape index (κ1) is 17.6. The van der Waals surface area contributed by atoms with E-state index in [4.69, 9.17) is 9.84 Å². The highest BCUT2D eigenvalue weighted by atomic mass is 32.2. The van der Waals surface area contributed by atoms with Crippen LogP contribution in [0.25, 0.3) is 0 Å². The Kier molecular flexibility index (Phi) is 7.35. The Morgan fingerprint density at radius 1 is 1.29 bits per heavy atom. The van der Waals surface area contributed by atoms with Gasteiger partial charge in [0.25, 0.3) is 0 Å². The third-order valence-corrected chi connectivity index (χ3v) is 4.85. The fourth-order valence-electron chi connectivity index (χ4n) is 1.66. The van der Waals surface area contributed by atoms with Crippen molar-refractivity contribution in [2.24, 2.45) is 0 Å². The Labute approximate surface area is 125 Å². The molecule has 0 heterocycles. The van der Waals surface area contributed by atoms with Crippen LogP contribution in [0.3, 0.4) is 0 Å². The second kappa shape index (κ2) is 8.76. The van der Waals surface area contributed by atoms with E-state index in [2.05, 4.69) is 0 Å². The Bertz CT molecular complexity index is 530. The second-order valence-electron chi connectivity index (χ2n) is 4.67. The maximum absolute atomic E-state index is 11.9. The molecular weight excluding hydrogens is 294 g/mol. The van der Waals surface area contributed by atoms with Crippen LogP contribution in [0, 0.1) is 0 Å². The number of ether oxygens (including phenoxy) is 1. The molecule has 0 amide bonds. The highest BCUT2D eigenvalue weighted by molar-refractivity contribution is 7.89. The number of benzene rings is 1. The van der Waals surface area contributed by atoms with Crippen LogP contribution in [-0.4, -0.2) is 49.8 Å². The van der Waals surface area contributed by atoms with Crippen molar-refractivity contribution >= 4 is 16.0 Å². The van der Waals surface area contributed by atoms with Crippen LogP contribution < -0.4 is 0 Å². The largest absolute Gasteiger partial charge is 0.481 e. The van der Waals surface area contributed by atoms with Gasteiger partial charge in [-0.1, -0.05) is 30.3 Å². The number of aliphatic carboxylic acids is 1. The molecule has 1 aromatic rings. The molecule has 7 heteroatoms. The molecule has 0 fully saturated rings. The first-order chi connectivity index (χ1) is 9.92. The average molecular weight is 315 g/mol. The van der Waals surface area contributed by atoms with Gasteiger partial charge in [-0.05, 0) is 12.0 Å². The molecule has 0 aromatic heterocycles. The quantitative estimate of drug-likeness (QED) is 0.659. The Morgan fingerprint density at radius 2 is 1.95 bits per heavy atom. The van der Waals surface area contributed by atoms with E-state index in [1.165, 1.54) is 7.05 Å². The summed E-state index contributed by atoms with van der Waals surface area (Å²) in [7, 11) is -2.02. The predicted molar refractivity (Wildman–Crippen MR) is 79.4 cm³/mol. The zero-order valence-electron chi connectivity index (χ0n) is 12.1. The van der Waals surface area contributed by atoms with E-state index in [0.29, 0.717) is 19.6 Å². The Hall–Kier alpha value is -1.44. The lowest BCUT2D eigenvalue weighted by atomic mass is 10.2. The highest BCUT2D eigenvalue weighted by Gasteiger charge is 2.17. The van der Waals surface area contributed by atoms with Crippen LogP contribution in [0.1, 0.15) is 18.4 Å². The fourth-order valence-corrected chi connectivity index (χ4v) is 2.82. The molecule has 0 atom stereocenters. The Morgan fingerprint density at radius 3 is 2.57 bits per heavy atom. The number of hydrogen-bond donors (Lipinski definition) is 1. The van der Waals surface area contributed by atoms with Gasteiger partial charge in [-0.2, -0.15) is 0 Å². The van der Waals surface area contributed by atoms with Crippen molar-refractivity contribution < 1.29 is 23.1 Å². The molecule has 0 spiro atoms. The summed E-state index contributed by atoms with van der Waals surface area (Å²) in [5, 5.41) is 8.54. The number of carboxylic acid groups (broad SMARTS) is 1. The van der Waals surface area contributed by atoms with E-state index in [0.717, 1.165) is 9.87 Å². The number of carboxylic acids is 1. The SMILES string of the molecule is CN(CCC(=O)O)S(=O)(=O)CCCOCc1ccccc1. The maximum Gasteiger partial charge on any atom is 0.304 e. The van der Waals surface area contributed by atoms with Gasteiger partial charge in [-0.25, -0.2) is 12.7 Å². The zero-order chi connectivity index (χ0) is 15.7. The molecule has 0 saturated carbocycles. The molecule has 0 aliphatic rings. The lowest BCUT2D eigenvalue weighted by Crippen LogP contribution is -2.31. The molecule has 0 aliphatic carbocycles. The van der Waals surface area contributed by atoms with Crippen LogP contribution in [0.4, 0.5) is 0 Å². The molecule has 1 rings (SSSR count). The van der Waals surface area contributed by atoms with Crippen LogP contribution in [-0.2, 0) is 26.2 Å². The lowest BCUT2D eigenvalue weighted by Gasteiger charge is -2.15. The number of nitrogens with zero attached hydrogens (tertiary/aromatic N) is 1. The standard InChI is InChI=1S/C14H21NO5S/c1-15(9-8-14(16)17)21(18,19)11-5-10-20-12-13-6-3-2-4-7-13/h2-4,6-7H,5,8-12H2,1H3,(H,16,17). The summed E-state index contributed by atoms with van der Waals surface area (Å²) >= 11 is 0. The number of sulfonamides is 1. The van der Waals surface area contributed by atoms with Gasteiger partial charge < -0.3 is 9.84 Å². The number of hydrogen-bond acceptors (Lipinski definition) is 4. The third-order valence-electron chi connectivity index (χ3n) is 2.92. The molecule has 6 nitrogen and oxygen atoms in total. The minimum absolute atomic E-state index is 0.0114. The topological polar surface area (TPSA) is 83.9 Å². The summed E-state index contributed by atoms with van der Waals surface area (Å²) in [4.78, 5) is 10.4. The first-order valence-corrected chi connectivity index (χ1v) is 8.30. The van der Waals surface area contributed by atoms with Crippen molar-refractivity contribution in [2.45, 2.75) is 19.4 Å². The van der Waals surface area contributed by atoms with Gasteiger partial charge in [-0.15, -0.1) is 0 Å². The average Bonchev–Trinajstić information content (AvgIpc) is 2.45. The second-order valence-corrected chi connectivity index (χ2v) is 6.87. The van der Waals surface area contributed by atoms with Crippen molar-refractivity contribution in [3.63, 3.8) is 0 Å². The smallest absolute Gasteiger partial charge is 0.304 e. The fraction of sp³-hybridized carbons (Fsp3) is 0.500. The summed E-state index contributed by atoms with van der Waals surface area (Å²) < 4.78 is 30.2. The Balaban J connectivity index is 2.22. The molecule has 0 aliphatic heterocycles. The van der Waals surface area contributed by atoms with Crippen molar-refractivity contribution in [2.75, 3.05) is 26.0 Å². The maximum atomic E-state index is 11.9. The van der Waals surface area contributed by atoms with Crippen molar-refractivity contribution in [3.05, 3.63) is 35.9 Å². The normalized spacial score (nSPS) is 11.7. The summed E-state index contributed by atoms with van der Waals surface area (Å²) in [6.45, 7) is 0.791. The van der Waals surface area contributed by atoms with Gasteiger partial charge in [0.15, 0.2) is 0 Å². The summed E-state index contributed by atoms with van der Waals surface area (Å²) in [6.07, 6.45) is 0.187. The molecule has 0 radical (unpaired) electrons. The van der Waals surface area contributed by atoms with E-state index < -0.39 is 16.0 Å². The third kappa shape index (κ3) is 7.22. The van der Waals surface area contributed by atoms with E-state index in [1.54, 1.807) is 0 Å². The lowest BCUT2D eigenvalue weighted by molar-refractivity contribution is -0.137. The zero-order valence-corrected chi connectivity index (χ0v) is 12.9. The van der Waals surface area contributed by atoms with Crippen molar-refractivity contribution in [1.29, 1.82) is 0 Å². The van der Waals surface area contributed by atoms with Gasteiger partial charge in [0.05, 0.1) is 18.8 Å². The predicted octanol–water partition coefficient (Wildman–Crippen LogP) is 1.33. The number of carbonyl (C=O) groups is 1. The van der Waals surface area contributed by atoms with Gasteiger partial charge in [0.1, 0.15) is 0 Å². The monoisotopic (exact) mass is 315 g/mol. The van der Waals surface area contributed by atoms with Crippen LogP contribution >= 0.6 is 0 Å². The first-order valence-electron chi connectivity index (χ1n) is 6.69. The van der Waals surface area contributed by atoms with E-state index >= 15 is 0 Å². The summed E-state index contributed by atoms with van der Waals surface area (Å²) in [6, 6.07) is 9.64. The molecule has 1 aromatic carbocycles.